The summed E-state index contributed by atoms with van der Waals surface area (Å²) in [7, 11) is 0. The maximum atomic E-state index is 11.8. The van der Waals surface area contributed by atoms with Gasteiger partial charge < -0.3 is 15.4 Å². The van der Waals surface area contributed by atoms with E-state index in [1.54, 1.807) is 24.3 Å². The fourth-order valence-corrected chi connectivity index (χ4v) is 3.24. The Balaban J connectivity index is 1.37. The molecule has 2 N–H and O–H groups in total. The number of ether oxygens (including phenoxy) is 1. The van der Waals surface area contributed by atoms with Crippen LogP contribution < -0.4 is 10.6 Å². The highest BCUT2D eigenvalue weighted by atomic mass is 35.5. The smallest absolute Gasteiger partial charge is 0.319 e. The van der Waals surface area contributed by atoms with Crippen LogP contribution in [0.25, 0.3) is 10.6 Å². The van der Waals surface area contributed by atoms with Crippen LogP contribution in [0.3, 0.4) is 0 Å². The van der Waals surface area contributed by atoms with Gasteiger partial charge in [-0.1, -0.05) is 41.9 Å². The third-order valence-corrected chi connectivity index (χ3v) is 4.86. The number of hydrogen-bond acceptors (Lipinski definition) is 5. The first-order valence-corrected chi connectivity index (χ1v) is 9.82. The fourth-order valence-electron chi connectivity index (χ4n) is 2.30. The number of nitrogens with zero attached hydrogens (tertiary/aromatic N) is 1. The molecule has 2 amide bonds. The van der Waals surface area contributed by atoms with Crippen molar-refractivity contribution in [1.29, 1.82) is 0 Å². The molecule has 1 aromatic heterocycles. The van der Waals surface area contributed by atoms with E-state index in [9.17, 15) is 9.59 Å². The van der Waals surface area contributed by atoms with Crippen molar-refractivity contribution in [2.24, 2.45) is 0 Å². The highest BCUT2D eigenvalue weighted by molar-refractivity contribution is 7.13. The van der Waals surface area contributed by atoms with Gasteiger partial charge in [0.2, 0.25) is 0 Å². The van der Waals surface area contributed by atoms with Gasteiger partial charge in [-0.25, -0.2) is 9.78 Å². The molecule has 0 aliphatic rings. The van der Waals surface area contributed by atoms with Crippen LogP contribution >= 0.6 is 22.9 Å². The van der Waals surface area contributed by atoms with Crippen LogP contribution in [-0.4, -0.2) is 23.5 Å². The number of rotatable bonds is 7. The van der Waals surface area contributed by atoms with Crippen LogP contribution in [0.2, 0.25) is 5.02 Å². The minimum Gasteiger partial charge on any atom is -0.459 e. The number of amides is 2. The Kier molecular flexibility index (Phi) is 7.00. The molecule has 3 rings (SSSR count). The van der Waals surface area contributed by atoms with Gasteiger partial charge in [-0.3, -0.25) is 4.79 Å². The van der Waals surface area contributed by atoms with Crippen LogP contribution in [0.5, 0.6) is 0 Å². The van der Waals surface area contributed by atoms with Gasteiger partial charge in [0, 0.05) is 28.2 Å². The highest BCUT2D eigenvalue weighted by Gasteiger charge is 2.09. The first-order valence-electron chi connectivity index (χ1n) is 8.56. The van der Waals surface area contributed by atoms with Crippen molar-refractivity contribution in [2.75, 3.05) is 11.9 Å². The Hall–Kier alpha value is -2.90. The lowest BCUT2D eigenvalue weighted by atomic mass is 10.2. The average Bonchev–Trinajstić information content (AvgIpc) is 3.17. The van der Waals surface area contributed by atoms with E-state index in [1.165, 1.54) is 11.3 Å². The average molecular weight is 416 g/mol. The van der Waals surface area contributed by atoms with Crippen LogP contribution in [0.1, 0.15) is 12.1 Å². The number of nitrogens with one attached hydrogen (secondary N) is 2. The molecule has 6 nitrogen and oxygen atoms in total. The Morgan fingerprint density at radius 3 is 2.57 bits per heavy atom. The van der Waals surface area contributed by atoms with Crippen molar-refractivity contribution < 1.29 is 14.3 Å². The summed E-state index contributed by atoms with van der Waals surface area (Å²) in [5, 5.41) is 8.64. The van der Waals surface area contributed by atoms with Crippen molar-refractivity contribution in [2.45, 2.75) is 13.0 Å². The van der Waals surface area contributed by atoms with Crippen molar-refractivity contribution in [3.8, 4) is 10.6 Å². The molecular weight excluding hydrogens is 398 g/mol. The number of carbonyl (C=O) groups is 2. The monoisotopic (exact) mass is 415 g/mol. The van der Waals surface area contributed by atoms with Gasteiger partial charge in [0.25, 0.3) is 0 Å². The van der Waals surface area contributed by atoms with Crippen LogP contribution in [0.4, 0.5) is 10.5 Å². The second-order valence-corrected chi connectivity index (χ2v) is 7.10. The van der Waals surface area contributed by atoms with Gasteiger partial charge in [-0.05, 0) is 24.3 Å². The first kappa shape index (κ1) is 19.9. The SMILES string of the molecule is O=C(NCCC(=O)OCc1csc(-c2ccc(Cl)cc2)n1)Nc1ccccc1. The number of halogens is 1. The fraction of sp³-hybridized carbons (Fsp3) is 0.150. The number of benzene rings is 2. The van der Waals surface area contributed by atoms with Gasteiger partial charge in [0.05, 0.1) is 12.1 Å². The molecule has 0 saturated heterocycles. The van der Waals surface area contributed by atoms with E-state index in [-0.39, 0.29) is 25.6 Å². The molecule has 1 heterocycles. The van der Waals surface area contributed by atoms with E-state index in [1.807, 2.05) is 35.7 Å². The molecule has 0 aliphatic carbocycles. The highest BCUT2D eigenvalue weighted by Crippen LogP contribution is 2.25. The number of hydrogen-bond donors (Lipinski definition) is 2. The number of thiazole rings is 1. The normalized spacial score (nSPS) is 10.3. The summed E-state index contributed by atoms with van der Waals surface area (Å²) in [5.41, 5.74) is 2.32. The van der Waals surface area contributed by atoms with E-state index in [4.69, 9.17) is 16.3 Å². The number of para-hydroxylation sites is 1. The molecule has 144 valence electrons. The molecule has 8 heteroatoms. The number of carbonyl (C=O) groups excluding carboxylic acids is 2. The van der Waals surface area contributed by atoms with Crippen molar-refractivity contribution in [1.82, 2.24) is 10.3 Å². The topological polar surface area (TPSA) is 80.3 Å². The van der Waals surface area contributed by atoms with E-state index < -0.39 is 5.97 Å². The summed E-state index contributed by atoms with van der Waals surface area (Å²) in [6.07, 6.45) is 0.0798. The van der Waals surface area contributed by atoms with E-state index >= 15 is 0 Å². The summed E-state index contributed by atoms with van der Waals surface area (Å²) in [6, 6.07) is 16.1. The summed E-state index contributed by atoms with van der Waals surface area (Å²) < 4.78 is 5.21. The molecule has 0 atom stereocenters. The number of aromatic nitrogens is 1. The van der Waals surface area contributed by atoms with Crippen LogP contribution in [-0.2, 0) is 16.1 Å². The largest absolute Gasteiger partial charge is 0.459 e. The van der Waals surface area contributed by atoms with Gasteiger partial charge in [0.15, 0.2) is 0 Å². The van der Waals surface area contributed by atoms with Gasteiger partial charge >= 0.3 is 12.0 Å². The van der Waals surface area contributed by atoms with Crippen LogP contribution in [0, 0.1) is 0 Å². The number of anilines is 1. The quantitative estimate of drug-likeness (QED) is 0.547. The molecular formula is C20H18ClN3O3S. The Morgan fingerprint density at radius 1 is 1.07 bits per heavy atom. The van der Waals surface area contributed by atoms with Crippen molar-refractivity contribution in [3.05, 3.63) is 70.7 Å². The summed E-state index contributed by atoms with van der Waals surface area (Å²) >= 11 is 7.36. The predicted molar refractivity (Wildman–Crippen MR) is 110 cm³/mol. The zero-order chi connectivity index (χ0) is 19.8. The van der Waals surface area contributed by atoms with Crippen LogP contribution in [0.15, 0.2) is 60.0 Å². The lowest BCUT2D eigenvalue weighted by molar-refractivity contribution is -0.144. The van der Waals surface area contributed by atoms with Crippen molar-refractivity contribution in [3.63, 3.8) is 0 Å². The molecule has 28 heavy (non-hydrogen) atoms. The maximum absolute atomic E-state index is 11.8. The minimum atomic E-state index is -0.402. The molecule has 0 spiro atoms. The second kappa shape index (κ2) is 9.87. The van der Waals surface area contributed by atoms with Gasteiger partial charge in [-0.15, -0.1) is 11.3 Å². The maximum Gasteiger partial charge on any atom is 0.319 e. The Morgan fingerprint density at radius 2 is 1.82 bits per heavy atom. The predicted octanol–water partition coefficient (Wildman–Crippen LogP) is 4.72. The standard InChI is InChI=1S/C20H18ClN3O3S/c21-15-8-6-14(7-9-15)19-23-17(13-28-19)12-27-18(25)10-11-22-20(26)24-16-4-2-1-3-5-16/h1-9,13H,10-12H2,(H2,22,24,26). The number of esters is 1. The molecule has 2 aromatic carbocycles. The molecule has 0 saturated carbocycles. The molecule has 0 radical (unpaired) electrons. The first-order chi connectivity index (χ1) is 13.6. The Bertz CT molecular complexity index is 929. The molecule has 0 unspecified atom stereocenters. The summed E-state index contributed by atoms with van der Waals surface area (Å²) in [5.74, 6) is -0.402. The number of urea groups is 1. The Labute approximate surface area is 171 Å². The van der Waals surface area contributed by atoms with E-state index in [0.717, 1.165) is 10.6 Å². The summed E-state index contributed by atoms with van der Waals surface area (Å²) in [6.45, 7) is 0.281. The summed E-state index contributed by atoms with van der Waals surface area (Å²) in [4.78, 5) is 28.0. The minimum absolute atomic E-state index is 0.0798. The third kappa shape index (κ3) is 6.07. The lowest BCUT2D eigenvalue weighted by Crippen LogP contribution is -2.30. The second-order valence-electron chi connectivity index (χ2n) is 5.81. The molecule has 0 bridgehead atoms. The lowest BCUT2D eigenvalue weighted by Gasteiger charge is -2.07. The van der Waals surface area contributed by atoms with E-state index in [0.29, 0.717) is 16.4 Å². The van der Waals surface area contributed by atoms with Gasteiger partial charge in [-0.2, -0.15) is 0 Å². The zero-order valence-corrected chi connectivity index (χ0v) is 16.4. The molecule has 0 fully saturated rings. The van der Waals surface area contributed by atoms with Gasteiger partial charge in [0.1, 0.15) is 11.6 Å². The van der Waals surface area contributed by atoms with Crippen molar-refractivity contribution >= 4 is 40.6 Å². The third-order valence-electron chi connectivity index (χ3n) is 3.67. The molecule has 3 aromatic rings. The van der Waals surface area contributed by atoms with E-state index in [2.05, 4.69) is 15.6 Å². The zero-order valence-electron chi connectivity index (χ0n) is 14.9. The molecule has 0 aliphatic heterocycles.